The Balaban J connectivity index is 1.67. The molecule has 0 spiro atoms. The SMILES string of the molecule is O=C(Cc1ccc(CN2CCCC2)cc1)N=C(Cc1cccc(C(=O)O)c1O)B(O)O. The van der Waals surface area contributed by atoms with Crippen molar-refractivity contribution < 1.29 is 29.9 Å². The summed E-state index contributed by atoms with van der Waals surface area (Å²) in [6.45, 7) is 3.09. The number of phenols is 1. The van der Waals surface area contributed by atoms with Crippen molar-refractivity contribution in [2.24, 2.45) is 4.99 Å². The molecule has 0 unspecified atom stereocenters. The van der Waals surface area contributed by atoms with Gasteiger partial charge in [0.2, 0.25) is 5.91 Å². The molecule has 162 valence electrons. The molecule has 31 heavy (non-hydrogen) atoms. The number of benzene rings is 2. The summed E-state index contributed by atoms with van der Waals surface area (Å²) in [4.78, 5) is 29.7. The maximum absolute atomic E-state index is 12.4. The number of carboxylic acids is 1. The summed E-state index contributed by atoms with van der Waals surface area (Å²) in [6.07, 6.45) is 2.16. The number of aromatic hydroxyl groups is 1. The Kier molecular flexibility index (Phi) is 7.57. The Labute approximate surface area is 180 Å². The Morgan fingerprint density at radius 2 is 1.61 bits per heavy atom. The zero-order chi connectivity index (χ0) is 22.4. The van der Waals surface area contributed by atoms with E-state index in [1.54, 1.807) is 0 Å². The summed E-state index contributed by atoms with van der Waals surface area (Å²) in [6, 6.07) is 11.7. The number of likely N-dealkylation sites (tertiary alicyclic amines) is 1. The molecule has 1 aliphatic rings. The fourth-order valence-corrected chi connectivity index (χ4v) is 3.63. The minimum absolute atomic E-state index is 0.0125. The molecule has 1 aliphatic heterocycles. The van der Waals surface area contributed by atoms with Crippen LogP contribution < -0.4 is 0 Å². The van der Waals surface area contributed by atoms with Crippen molar-refractivity contribution in [3.05, 3.63) is 64.7 Å². The average Bonchev–Trinajstić information content (AvgIpc) is 3.23. The number of hydrogen-bond donors (Lipinski definition) is 4. The molecule has 4 N–H and O–H groups in total. The smallest absolute Gasteiger partial charge is 0.504 e. The van der Waals surface area contributed by atoms with Crippen LogP contribution in [-0.4, -0.2) is 62.9 Å². The van der Waals surface area contributed by atoms with Crippen LogP contribution in [0.3, 0.4) is 0 Å². The van der Waals surface area contributed by atoms with Crippen molar-refractivity contribution in [1.29, 1.82) is 0 Å². The average molecular weight is 424 g/mol. The number of aromatic carboxylic acids is 1. The molecule has 2 aromatic rings. The molecule has 0 saturated carbocycles. The van der Waals surface area contributed by atoms with Crippen LogP contribution >= 0.6 is 0 Å². The number of hydrogen-bond acceptors (Lipinski definition) is 6. The maximum Gasteiger partial charge on any atom is 0.504 e. The van der Waals surface area contributed by atoms with Crippen LogP contribution in [0.5, 0.6) is 5.75 Å². The monoisotopic (exact) mass is 424 g/mol. The second-order valence-electron chi connectivity index (χ2n) is 7.64. The minimum Gasteiger partial charge on any atom is -0.507 e. The van der Waals surface area contributed by atoms with Gasteiger partial charge in [0.1, 0.15) is 11.3 Å². The lowest BCUT2D eigenvalue weighted by molar-refractivity contribution is -0.117. The van der Waals surface area contributed by atoms with E-state index in [1.165, 1.54) is 36.6 Å². The van der Waals surface area contributed by atoms with Gasteiger partial charge in [-0.3, -0.25) is 9.69 Å². The standard InChI is InChI=1S/C22H25BN2O6/c26-20(12-15-6-8-16(9-7-15)14-25-10-1-2-11-25)24-19(23(30)31)13-17-4-3-5-18(21(17)27)22(28)29/h3-9,27,30-31H,1-2,10-14H2,(H,28,29). The summed E-state index contributed by atoms with van der Waals surface area (Å²) >= 11 is 0. The zero-order valence-electron chi connectivity index (χ0n) is 17.1. The lowest BCUT2D eigenvalue weighted by atomic mass is 9.79. The summed E-state index contributed by atoms with van der Waals surface area (Å²) in [5.41, 5.74) is 1.47. The van der Waals surface area contributed by atoms with Crippen LogP contribution in [0.1, 0.15) is 39.9 Å². The largest absolute Gasteiger partial charge is 0.507 e. The zero-order valence-corrected chi connectivity index (χ0v) is 17.1. The first-order valence-corrected chi connectivity index (χ1v) is 10.1. The second-order valence-corrected chi connectivity index (χ2v) is 7.64. The Morgan fingerprint density at radius 3 is 2.23 bits per heavy atom. The van der Waals surface area contributed by atoms with Gasteiger partial charge in [0.25, 0.3) is 0 Å². The van der Waals surface area contributed by atoms with E-state index in [1.807, 2.05) is 24.3 Å². The maximum atomic E-state index is 12.4. The molecular formula is C22H25BN2O6. The van der Waals surface area contributed by atoms with Crippen molar-refractivity contribution in [2.45, 2.75) is 32.2 Å². The van der Waals surface area contributed by atoms with Gasteiger partial charge in [-0.25, -0.2) is 9.79 Å². The highest BCUT2D eigenvalue weighted by molar-refractivity contribution is 6.80. The van der Waals surface area contributed by atoms with Gasteiger partial charge in [0.15, 0.2) is 0 Å². The summed E-state index contributed by atoms with van der Waals surface area (Å²) in [5, 5.41) is 38.4. The Morgan fingerprint density at radius 1 is 0.968 bits per heavy atom. The first-order chi connectivity index (χ1) is 14.8. The summed E-state index contributed by atoms with van der Waals surface area (Å²) in [5.74, 6) is -2.37. The predicted molar refractivity (Wildman–Crippen MR) is 116 cm³/mol. The van der Waals surface area contributed by atoms with E-state index in [0.29, 0.717) is 0 Å². The topological polar surface area (TPSA) is 131 Å². The van der Waals surface area contributed by atoms with Gasteiger partial charge >= 0.3 is 13.1 Å². The van der Waals surface area contributed by atoms with Crippen molar-refractivity contribution in [2.75, 3.05) is 13.1 Å². The molecule has 0 radical (unpaired) electrons. The number of nitrogens with zero attached hydrogens (tertiary/aromatic N) is 2. The third-order valence-electron chi connectivity index (χ3n) is 5.27. The molecule has 8 nitrogen and oxygen atoms in total. The molecule has 0 atom stereocenters. The van der Waals surface area contributed by atoms with E-state index in [-0.39, 0.29) is 29.6 Å². The number of amides is 1. The van der Waals surface area contributed by atoms with Crippen molar-refractivity contribution in [3.63, 3.8) is 0 Å². The quantitative estimate of drug-likeness (QED) is 0.373. The number of rotatable bonds is 8. The van der Waals surface area contributed by atoms with E-state index < -0.39 is 24.7 Å². The third-order valence-corrected chi connectivity index (χ3v) is 5.27. The number of carbonyl (C=O) groups is 2. The van der Waals surface area contributed by atoms with Gasteiger partial charge in [0.05, 0.1) is 12.0 Å². The van der Waals surface area contributed by atoms with Gasteiger partial charge in [-0.05, 0) is 48.7 Å². The molecule has 0 aliphatic carbocycles. The lowest BCUT2D eigenvalue weighted by Gasteiger charge is -2.14. The molecule has 1 amide bonds. The van der Waals surface area contributed by atoms with Gasteiger partial charge in [-0.1, -0.05) is 36.4 Å². The van der Waals surface area contributed by atoms with E-state index in [9.17, 15) is 24.7 Å². The second kappa shape index (κ2) is 10.3. The van der Waals surface area contributed by atoms with E-state index in [2.05, 4.69) is 9.89 Å². The number of carbonyl (C=O) groups excluding carboxylic acids is 1. The predicted octanol–water partition coefficient (Wildman–Crippen LogP) is 1.45. The van der Waals surface area contributed by atoms with Crippen LogP contribution in [0.15, 0.2) is 47.5 Å². The summed E-state index contributed by atoms with van der Waals surface area (Å²) in [7, 11) is -2.01. The van der Waals surface area contributed by atoms with Crippen LogP contribution in [0.25, 0.3) is 0 Å². The minimum atomic E-state index is -2.01. The molecule has 2 aromatic carbocycles. The summed E-state index contributed by atoms with van der Waals surface area (Å²) < 4.78 is 0. The first-order valence-electron chi connectivity index (χ1n) is 10.1. The number of aliphatic imine (C=N–C) groups is 1. The molecule has 3 rings (SSSR count). The van der Waals surface area contributed by atoms with Crippen LogP contribution in [0.4, 0.5) is 0 Å². The normalized spacial score (nSPS) is 14.6. The first kappa shape index (κ1) is 22.7. The van der Waals surface area contributed by atoms with Crippen LogP contribution in [-0.2, 0) is 24.2 Å². The molecule has 0 aromatic heterocycles. The number of para-hydroxylation sites is 1. The lowest BCUT2D eigenvalue weighted by Crippen LogP contribution is -2.29. The highest BCUT2D eigenvalue weighted by Gasteiger charge is 2.22. The number of carboxylic acid groups (broad SMARTS) is 1. The van der Waals surface area contributed by atoms with Crippen molar-refractivity contribution >= 4 is 24.6 Å². The molecular weight excluding hydrogens is 399 g/mol. The molecule has 1 saturated heterocycles. The van der Waals surface area contributed by atoms with Crippen LogP contribution in [0, 0.1) is 0 Å². The molecule has 9 heteroatoms. The van der Waals surface area contributed by atoms with Gasteiger partial charge in [-0.2, -0.15) is 0 Å². The highest BCUT2D eigenvalue weighted by atomic mass is 16.4. The van der Waals surface area contributed by atoms with E-state index >= 15 is 0 Å². The Bertz CT molecular complexity index is 968. The van der Waals surface area contributed by atoms with Gasteiger partial charge in [0, 0.05) is 13.0 Å². The molecule has 1 fully saturated rings. The van der Waals surface area contributed by atoms with Crippen molar-refractivity contribution in [1.82, 2.24) is 4.90 Å². The highest BCUT2D eigenvalue weighted by Crippen LogP contribution is 2.23. The van der Waals surface area contributed by atoms with Gasteiger partial charge in [-0.15, -0.1) is 0 Å². The fourth-order valence-electron chi connectivity index (χ4n) is 3.63. The fraction of sp³-hybridized carbons (Fsp3) is 0.318. The van der Waals surface area contributed by atoms with Gasteiger partial charge < -0.3 is 20.3 Å². The third kappa shape index (κ3) is 6.24. The van der Waals surface area contributed by atoms with Crippen LogP contribution in [0.2, 0.25) is 0 Å². The van der Waals surface area contributed by atoms with E-state index in [0.717, 1.165) is 25.2 Å². The van der Waals surface area contributed by atoms with Crippen molar-refractivity contribution in [3.8, 4) is 5.75 Å². The molecule has 0 bridgehead atoms. The Hall–Kier alpha value is -3.01. The van der Waals surface area contributed by atoms with E-state index in [4.69, 9.17) is 5.11 Å². The molecule has 1 heterocycles.